The molecule has 4 N–H and O–H groups in total. The third kappa shape index (κ3) is 4.46. The molecule has 0 saturated carbocycles. The zero-order chi connectivity index (χ0) is 11.3. The molecule has 1 atom stereocenters. The predicted octanol–water partition coefficient (Wildman–Crippen LogP) is -0.648. The molecule has 0 fully saturated rings. The average Bonchev–Trinajstić information content (AvgIpc) is 2.50. The van der Waals surface area contributed by atoms with Crippen LogP contribution in [-0.4, -0.2) is 33.4 Å². The summed E-state index contributed by atoms with van der Waals surface area (Å²) in [5, 5.41) is 15.5. The fourth-order valence-electron chi connectivity index (χ4n) is 1.09. The number of aliphatic hydroxyl groups is 1. The Hall–Kier alpha value is -1.56. The minimum atomic E-state index is -0.398. The van der Waals surface area contributed by atoms with Crippen molar-refractivity contribution in [1.82, 2.24) is 15.1 Å². The van der Waals surface area contributed by atoms with Crippen molar-refractivity contribution in [3.05, 3.63) is 12.3 Å². The summed E-state index contributed by atoms with van der Waals surface area (Å²) in [4.78, 5) is 11.3. The molecule has 0 radical (unpaired) electrons. The summed E-state index contributed by atoms with van der Waals surface area (Å²) in [6.07, 6.45) is 1.79. The normalized spacial score (nSPS) is 12.4. The molecule has 6 heteroatoms. The third-order valence-corrected chi connectivity index (χ3v) is 1.85. The van der Waals surface area contributed by atoms with Crippen LogP contribution in [0.5, 0.6) is 0 Å². The van der Waals surface area contributed by atoms with Crippen molar-refractivity contribution in [2.75, 3.05) is 12.3 Å². The van der Waals surface area contributed by atoms with E-state index in [0.717, 1.165) is 0 Å². The molecule has 1 aromatic rings. The number of aromatic nitrogens is 2. The SMILES string of the molecule is CC(O)CCNC(=O)Cn1ccc(N)n1. The van der Waals surface area contributed by atoms with Crippen LogP contribution in [0.2, 0.25) is 0 Å². The van der Waals surface area contributed by atoms with Crippen molar-refractivity contribution in [2.45, 2.75) is 26.0 Å². The number of nitrogen functional groups attached to an aromatic ring is 1. The molecule has 1 amide bonds. The molecule has 1 rings (SSSR count). The molecule has 84 valence electrons. The number of carbonyl (C=O) groups is 1. The molecule has 0 aliphatic rings. The lowest BCUT2D eigenvalue weighted by atomic mass is 10.3. The highest BCUT2D eigenvalue weighted by atomic mass is 16.3. The summed E-state index contributed by atoms with van der Waals surface area (Å²) >= 11 is 0. The van der Waals surface area contributed by atoms with E-state index in [1.807, 2.05) is 0 Å². The second-order valence-corrected chi connectivity index (χ2v) is 3.43. The summed E-state index contributed by atoms with van der Waals surface area (Å²) in [5.74, 6) is 0.255. The van der Waals surface area contributed by atoms with Crippen molar-refractivity contribution >= 4 is 11.7 Å². The molecule has 0 bridgehead atoms. The molecular weight excluding hydrogens is 196 g/mol. The molecule has 15 heavy (non-hydrogen) atoms. The van der Waals surface area contributed by atoms with Gasteiger partial charge in [-0.25, -0.2) is 0 Å². The molecular formula is C9H16N4O2. The number of amides is 1. The van der Waals surface area contributed by atoms with Gasteiger partial charge in [-0.05, 0) is 19.4 Å². The van der Waals surface area contributed by atoms with E-state index in [1.165, 1.54) is 4.68 Å². The van der Waals surface area contributed by atoms with E-state index in [1.54, 1.807) is 19.2 Å². The topological polar surface area (TPSA) is 93.2 Å². The highest BCUT2D eigenvalue weighted by Gasteiger charge is 2.03. The number of hydrogen-bond acceptors (Lipinski definition) is 4. The van der Waals surface area contributed by atoms with Crippen LogP contribution >= 0.6 is 0 Å². The van der Waals surface area contributed by atoms with Gasteiger partial charge in [0.15, 0.2) is 0 Å². The molecule has 0 aliphatic carbocycles. The molecule has 0 aromatic carbocycles. The minimum absolute atomic E-state index is 0.140. The molecule has 1 heterocycles. The summed E-state index contributed by atoms with van der Waals surface area (Å²) in [6, 6.07) is 1.63. The van der Waals surface area contributed by atoms with Gasteiger partial charge in [-0.1, -0.05) is 0 Å². The van der Waals surface area contributed by atoms with Crippen LogP contribution in [0, 0.1) is 0 Å². The number of nitrogens with one attached hydrogen (secondary N) is 1. The van der Waals surface area contributed by atoms with Gasteiger partial charge in [0.05, 0.1) is 6.10 Å². The molecule has 0 spiro atoms. The van der Waals surface area contributed by atoms with E-state index >= 15 is 0 Å². The van der Waals surface area contributed by atoms with E-state index in [9.17, 15) is 4.79 Å². The van der Waals surface area contributed by atoms with Gasteiger partial charge in [0.1, 0.15) is 12.4 Å². The Kier molecular flexibility index (Phi) is 4.11. The first kappa shape index (κ1) is 11.5. The first-order valence-corrected chi connectivity index (χ1v) is 4.81. The van der Waals surface area contributed by atoms with Crippen LogP contribution in [0.1, 0.15) is 13.3 Å². The van der Waals surface area contributed by atoms with Crippen LogP contribution < -0.4 is 11.1 Å². The third-order valence-electron chi connectivity index (χ3n) is 1.85. The Morgan fingerprint density at radius 3 is 3.07 bits per heavy atom. The number of hydrogen-bond donors (Lipinski definition) is 3. The van der Waals surface area contributed by atoms with Gasteiger partial charge in [-0.3, -0.25) is 9.48 Å². The summed E-state index contributed by atoms with van der Waals surface area (Å²) in [7, 11) is 0. The number of aliphatic hydroxyl groups excluding tert-OH is 1. The van der Waals surface area contributed by atoms with E-state index < -0.39 is 6.10 Å². The van der Waals surface area contributed by atoms with Crippen LogP contribution in [0.25, 0.3) is 0 Å². The van der Waals surface area contributed by atoms with Gasteiger partial charge in [0.2, 0.25) is 5.91 Å². The molecule has 1 unspecified atom stereocenters. The average molecular weight is 212 g/mol. The first-order valence-electron chi connectivity index (χ1n) is 4.81. The van der Waals surface area contributed by atoms with Crippen LogP contribution in [0.3, 0.4) is 0 Å². The van der Waals surface area contributed by atoms with Gasteiger partial charge in [0.25, 0.3) is 0 Å². The second-order valence-electron chi connectivity index (χ2n) is 3.43. The Labute approximate surface area is 88.1 Å². The maximum atomic E-state index is 11.3. The summed E-state index contributed by atoms with van der Waals surface area (Å²) in [6.45, 7) is 2.30. The number of nitrogens with zero attached hydrogens (tertiary/aromatic N) is 2. The molecule has 1 aromatic heterocycles. The maximum Gasteiger partial charge on any atom is 0.241 e. The number of carbonyl (C=O) groups excluding carboxylic acids is 1. The molecule has 6 nitrogen and oxygen atoms in total. The monoisotopic (exact) mass is 212 g/mol. The van der Waals surface area contributed by atoms with Gasteiger partial charge in [-0.15, -0.1) is 0 Å². The van der Waals surface area contributed by atoms with Gasteiger partial charge < -0.3 is 16.2 Å². The number of nitrogens with two attached hydrogens (primary N) is 1. The van der Waals surface area contributed by atoms with Crippen molar-refractivity contribution in [3.63, 3.8) is 0 Å². The number of rotatable bonds is 5. The fraction of sp³-hybridized carbons (Fsp3) is 0.556. The lowest BCUT2D eigenvalue weighted by Gasteiger charge is -2.06. The minimum Gasteiger partial charge on any atom is -0.393 e. The van der Waals surface area contributed by atoms with Gasteiger partial charge >= 0.3 is 0 Å². The van der Waals surface area contributed by atoms with Crippen LogP contribution in [0.15, 0.2) is 12.3 Å². The summed E-state index contributed by atoms with van der Waals surface area (Å²) < 4.78 is 1.47. The summed E-state index contributed by atoms with van der Waals surface area (Å²) in [5.41, 5.74) is 5.40. The van der Waals surface area contributed by atoms with Gasteiger partial charge in [0, 0.05) is 12.7 Å². The molecule has 0 saturated heterocycles. The first-order chi connectivity index (χ1) is 7.08. The zero-order valence-electron chi connectivity index (χ0n) is 8.68. The molecule has 0 aliphatic heterocycles. The predicted molar refractivity (Wildman–Crippen MR) is 55.9 cm³/mol. The van der Waals surface area contributed by atoms with Crippen molar-refractivity contribution in [1.29, 1.82) is 0 Å². The quantitative estimate of drug-likeness (QED) is 0.604. The Morgan fingerprint density at radius 1 is 1.80 bits per heavy atom. The van der Waals surface area contributed by atoms with Crippen molar-refractivity contribution in [3.8, 4) is 0 Å². The standard InChI is InChI=1S/C9H16N4O2/c1-7(14)2-4-11-9(15)6-13-5-3-8(10)12-13/h3,5,7,14H,2,4,6H2,1H3,(H2,10,12)(H,11,15). The highest BCUT2D eigenvalue weighted by Crippen LogP contribution is 1.95. The number of anilines is 1. The van der Waals surface area contributed by atoms with Gasteiger partial charge in [-0.2, -0.15) is 5.10 Å². The van der Waals surface area contributed by atoms with E-state index in [-0.39, 0.29) is 12.5 Å². The van der Waals surface area contributed by atoms with Crippen molar-refractivity contribution in [2.24, 2.45) is 0 Å². The highest BCUT2D eigenvalue weighted by molar-refractivity contribution is 5.75. The lowest BCUT2D eigenvalue weighted by molar-refractivity contribution is -0.121. The van der Waals surface area contributed by atoms with Crippen LogP contribution in [-0.2, 0) is 11.3 Å². The largest absolute Gasteiger partial charge is 0.393 e. The van der Waals surface area contributed by atoms with E-state index in [2.05, 4.69) is 10.4 Å². The smallest absolute Gasteiger partial charge is 0.241 e. The lowest BCUT2D eigenvalue weighted by Crippen LogP contribution is -2.30. The second kappa shape index (κ2) is 5.35. The van der Waals surface area contributed by atoms with Crippen LogP contribution in [0.4, 0.5) is 5.82 Å². The Balaban J connectivity index is 2.24. The Morgan fingerprint density at radius 2 is 2.53 bits per heavy atom. The van der Waals surface area contributed by atoms with E-state index in [4.69, 9.17) is 10.8 Å². The Bertz CT molecular complexity index is 322. The fourth-order valence-corrected chi connectivity index (χ4v) is 1.09. The van der Waals surface area contributed by atoms with E-state index in [0.29, 0.717) is 18.8 Å². The maximum absolute atomic E-state index is 11.3. The van der Waals surface area contributed by atoms with Crippen molar-refractivity contribution < 1.29 is 9.90 Å². The zero-order valence-corrected chi connectivity index (χ0v) is 8.68.